The molecule has 0 bridgehead atoms. The molecule has 1 amide bonds. The van der Waals surface area contributed by atoms with Gasteiger partial charge in [0.2, 0.25) is 0 Å². The van der Waals surface area contributed by atoms with Crippen LogP contribution < -0.4 is 20.3 Å². The van der Waals surface area contributed by atoms with E-state index in [1.54, 1.807) is 0 Å². The van der Waals surface area contributed by atoms with Crippen LogP contribution in [0.1, 0.15) is 27.2 Å². The van der Waals surface area contributed by atoms with Crippen LogP contribution in [0.25, 0.3) is 22.5 Å². The van der Waals surface area contributed by atoms with Crippen LogP contribution in [-0.2, 0) is 26.3 Å². The van der Waals surface area contributed by atoms with E-state index in [9.17, 15) is 4.79 Å². The normalized spacial score (nSPS) is 19.6. The van der Waals surface area contributed by atoms with Gasteiger partial charge in [-0.15, -0.1) is 0 Å². The van der Waals surface area contributed by atoms with E-state index in [4.69, 9.17) is 9.72 Å². The summed E-state index contributed by atoms with van der Waals surface area (Å²) in [5.74, 6) is 0.996. The molecule has 1 aliphatic carbocycles. The van der Waals surface area contributed by atoms with Crippen LogP contribution in [0.4, 0.5) is 5.69 Å². The van der Waals surface area contributed by atoms with E-state index in [-0.39, 0.29) is 11.4 Å². The van der Waals surface area contributed by atoms with Crippen LogP contribution in [0.2, 0.25) is 0 Å². The van der Waals surface area contributed by atoms with Gasteiger partial charge >= 0.3 is 0 Å². The van der Waals surface area contributed by atoms with Gasteiger partial charge in [-0.05, 0) is 42.2 Å². The summed E-state index contributed by atoms with van der Waals surface area (Å²) in [5, 5.41) is 6.62. The van der Waals surface area contributed by atoms with Crippen LogP contribution in [0, 0.1) is 0 Å². The molecule has 3 aromatic rings. The average molecular weight is 442 g/mol. The van der Waals surface area contributed by atoms with E-state index in [1.807, 2.05) is 6.20 Å². The Labute approximate surface area is 192 Å². The number of nitrogens with one attached hydrogen (secondary N) is 2. The first-order valence-electron chi connectivity index (χ1n) is 11.7. The minimum absolute atomic E-state index is 0.0864. The summed E-state index contributed by atoms with van der Waals surface area (Å²) in [6.45, 7) is 3.28. The highest BCUT2D eigenvalue weighted by atomic mass is 16.5. The summed E-state index contributed by atoms with van der Waals surface area (Å²) in [5.41, 5.74) is 9.86. The van der Waals surface area contributed by atoms with Crippen molar-refractivity contribution in [2.45, 2.75) is 24.8 Å². The number of fused-ring (bicyclic) bond motifs is 6. The number of aryl methyl sites for hydroxylation is 1. The quantitative estimate of drug-likeness (QED) is 0.607. The third kappa shape index (κ3) is 2.66. The second kappa shape index (κ2) is 6.60. The number of rotatable bonds is 1. The zero-order valence-electron chi connectivity index (χ0n) is 19.0. The molecule has 168 valence electrons. The summed E-state index contributed by atoms with van der Waals surface area (Å²) >= 11 is 0. The lowest BCUT2D eigenvalue weighted by molar-refractivity contribution is 0.0824. The van der Waals surface area contributed by atoms with Crippen molar-refractivity contribution in [1.82, 2.24) is 20.2 Å². The van der Waals surface area contributed by atoms with Crippen molar-refractivity contribution in [1.29, 1.82) is 0 Å². The van der Waals surface area contributed by atoms with Gasteiger partial charge in [-0.2, -0.15) is 0 Å². The Hall–Kier alpha value is -3.32. The van der Waals surface area contributed by atoms with Crippen LogP contribution >= 0.6 is 0 Å². The fraction of sp³-hybridized carbons (Fsp3) is 0.385. The molecule has 2 aromatic heterocycles. The fourth-order valence-electron chi connectivity index (χ4n) is 6.01. The molecule has 1 saturated heterocycles. The number of ether oxygens (including phenoxy) is 1. The molecule has 4 aliphatic rings. The number of pyridine rings is 1. The zero-order valence-corrected chi connectivity index (χ0v) is 19.0. The highest BCUT2D eigenvalue weighted by Crippen LogP contribution is 2.43. The molecule has 1 spiro atoms. The van der Waals surface area contributed by atoms with Crippen molar-refractivity contribution >= 4 is 11.6 Å². The van der Waals surface area contributed by atoms with E-state index < -0.39 is 0 Å². The van der Waals surface area contributed by atoms with Crippen LogP contribution in [0.3, 0.4) is 0 Å². The highest BCUT2D eigenvalue weighted by Gasteiger charge is 2.46. The first-order valence-corrected chi connectivity index (χ1v) is 11.7. The van der Waals surface area contributed by atoms with Crippen LogP contribution in [-0.4, -0.2) is 54.3 Å². The number of amides is 1. The lowest BCUT2D eigenvalue weighted by atomic mass is 9.81. The molecule has 7 nitrogen and oxygen atoms in total. The third-order valence-corrected chi connectivity index (χ3v) is 7.89. The Bertz CT molecular complexity index is 1340. The molecule has 1 fully saturated rings. The van der Waals surface area contributed by atoms with Crippen molar-refractivity contribution in [2.75, 3.05) is 38.2 Å². The number of hydrogen-bond acceptors (Lipinski definition) is 5. The minimum Gasteiger partial charge on any atom is -0.490 e. The van der Waals surface area contributed by atoms with Gasteiger partial charge in [-0.1, -0.05) is 6.07 Å². The molecule has 0 atom stereocenters. The number of hydrogen-bond donors (Lipinski definition) is 2. The summed E-state index contributed by atoms with van der Waals surface area (Å²) in [7, 11) is 4.21. The largest absolute Gasteiger partial charge is 0.490 e. The number of benzene rings is 1. The Kier molecular flexibility index (Phi) is 3.84. The Morgan fingerprint density at radius 3 is 2.85 bits per heavy atom. The fourth-order valence-corrected chi connectivity index (χ4v) is 6.01. The van der Waals surface area contributed by atoms with Gasteiger partial charge in [0.1, 0.15) is 12.4 Å². The highest BCUT2D eigenvalue weighted by molar-refractivity contribution is 6.01. The molecule has 1 aromatic carbocycles. The Morgan fingerprint density at radius 1 is 1.15 bits per heavy atom. The maximum Gasteiger partial charge on any atom is 0.253 e. The van der Waals surface area contributed by atoms with E-state index >= 15 is 0 Å². The molecule has 0 radical (unpaired) electrons. The molecule has 0 unspecified atom stereocenters. The summed E-state index contributed by atoms with van der Waals surface area (Å²) in [6, 6.07) is 8.54. The molecule has 7 rings (SSSR count). The predicted octanol–water partition coefficient (Wildman–Crippen LogP) is 2.31. The summed E-state index contributed by atoms with van der Waals surface area (Å²) in [4.78, 5) is 20.2. The maximum atomic E-state index is 13.2. The van der Waals surface area contributed by atoms with Crippen molar-refractivity contribution in [3.8, 4) is 28.3 Å². The summed E-state index contributed by atoms with van der Waals surface area (Å²) < 4.78 is 8.20. The number of carbonyl (C=O) groups excluding carboxylic acids is 1. The zero-order chi connectivity index (χ0) is 22.3. The van der Waals surface area contributed by atoms with Gasteiger partial charge in [0.15, 0.2) is 0 Å². The molecular formula is C26H27N5O2. The molecule has 0 saturated carbocycles. The van der Waals surface area contributed by atoms with Crippen molar-refractivity contribution in [2.24, 2.45) is 7.05 Å². The Morgan fingerprint density at radius 2 is 2.03 bits per heavy atom. The van der Waals surface area contributed by atoms with Crippen LogP contribution in [0.5, 0.6) is 5.75 Å². The van der Waals surface area contributed by atoms with E-state index in [1.165, 1.54) is 28.1 Å². The third-order valence-electron chi connectivity index (χ3n) is 7.89. The van der Waals surface area contributed by atoms with Crippen molar-refractivity contribution in [3.63, 3.8) is 0 Å². The standard InChI is InChI=1S/C26H27N5O2/c1-30-7-8-33-22-9-15(4-6-20(22)30)19-10-18-16(12-28-19)3-5-17-23-21(31(2)24(17)18)11-26(13-27-14-26)29-25(23)32/h4,6,9-10,12,27H,3,5,7-8,11,13-14H2,1-2H3,(H,29,32). The summed E-state index contributed by atoms with van der Waals surface area (Å²) in [6.07, 6.45) is 4.69. The molecule has 3 aliphatic heterocycles. The second-order valence-corrected chi connectivity index (χ2v) is 9.90. The molecule has 5 heterocycles. The minimum atomic E-state index is -0.124. The predicted molar refractivity (Wildman–Crippen MR) is 127 cm³/mol. The SMILES string of the molecule is CN1CCOc2cc(-c3cc4c(cn3)CCc3c5c(n(C)c3-4)CC3(CNC3)NC5=O)ccc21. The number of aromatic nitrogens is 2. The van der Waals surface area contributed by atoms with Gasteiger partial charge < -0.3 is 24.8 Å². The maximum absolute atomic E-state index is 13.2. The number of likely N-dealkylation sites (N-methyl/N-ethyl adjacent to an activating group) is 1. The monoisotopic (exact) mass is 441 g/mol. The average Bonchev–Trinajstić information content (AvgIpc) is 3.10. The molecule has 7 heteroatoms. The topological polar surface area (TPSA) is 71.4 Å². The number of anilines is 1. The van der Waals surface area contributed by atoms with E-state index in [0.717, 1.165) is 67.2 Å². The van der Waals surface area contributed by atoms with Crippen molar-refractivity contribution in [3.05, 3.63) is 52.8 Å². The van der Waals surface area contributed by atoms with Gasteiger partial charge in [0.05, 0.1) is 34.7 Å². The van der Waals surface area contributed by atoms with E-state index in [0.29, 0.717) is 6.61 Å². The molecular weight excluding hydrogens is 414 g/mol. The van der Waals surface area contributed by atoms with Gasteiger partial charge in [0, 0.05) is 56.6 Å². The van der Waals surface area contributed by atoms with Crippen molar-refractivity contribution < 1.29 is 9.53 Å². The molecule has 33 heavy (non-hydrogen) atoms. The lowest BCUT2D eigenvalue weighted by Gasteiger charge is -2.45. The van der Waals surface area contributed by atoms with Crippen LogP contribution in [0.15, 0.2) is 30.5 Å². The van der Waals surface area contributed by atoms with Gasteiger partial charge in [0.25, 0.3) is 5.91 Å². The lowest BCUT2D eigenvalue weighted by Crippen LogP contribution is -2.71. The second-order valence-electron chi connectivity index (χ2n) is 9.90. The first-order chi connectivity index (χ1) is 16.0. The number of carbonyl (C=O) groups is 1. The van der Waals surface area contributed by atoms with E-state index in [2.05, 4.69) is 58.5 Å². The molecule has 2 N–H and O–H groups in total. The number of nitrogens with zero attached hydrogens (tertiary/aromatic N) is 3. The first kappa shape index (κ1) is 19.2. The van der Waals surface area contributed by atoms with Gasteiger partial charge in [-0.3, -0.25) is 9.78 Å². The smallest absolute Gasteiger partial charge is 0.253 e. The van der Waals surface area contributed by atoms with Gasteiger partial charge in [-0.25, -0.2) is 0 Å². The Balaban J connectivity index is 1.35.